The van der Waals surface area contributed by atoms with Crippen molar-refractivity contribution in [2.75, 3.05) is 59.6 Å². The van der Waals surface area contributed by atoms with Crippen LogP contribution in [0.2, 0.25) is 12.1 Å². The van der Waals surface area contributed by atoms with Crippen LogP contribution in [0, 0.1) is 0 Å². The molecule has 2 saturated heterocycles. The van der Waals surface area contributed by atoms with Gasteiger partial charge in [-0.25, -0.2) is 0 Å². The first-order valence-corrected chi connectivity index (χ1v) is 11.2. The quantitative estimate of drug-likeness (QED) is 0.695. The molecule has 0 spiro atoms. The SMILES string of the molecule is CCC[Si]1(OCC)CCCOCC(CN2CCN(C)CC2)O1. The summed E-state index contributed by atoms with van der Waals surface area (Å²) < 4.78 is 18.6. The molecule has 0 amide bonds. The maximum absolute atomic E-state index is 6.63. The van der Waals surface area contributed by atoms with Gasteiger partial charge in [-0.15, -0.1) is 0 Å². The number of ether oxygens (including phenoxy) is 1. The smallest absolute Gasteiger partial charge is 0.338 e. The van der Waals surface area contributed by atoms with E-state index in [1.165, 1.54) is 0 Å². The van der Waals surface area contributed by atoms with E-state index in [0.717, 1.165) is 77.5 Å². The molecule has 6 heteroatoms. The second-order valence-electron chi connectivity index (χ2n) is 6.62. The van der Waals surface area contributed by atoms with E-state index in [0.29, 0.717) is 0 Å². The zero-order valence-electron chi connectivity index (χ0n) is 14.7. The maximum Gasteiger partial charge on any atom is 0.338 e. The van der Waals surface area contributed by atoms with E-state index < -0.39 is 8.56 Å². The van der Waals surface area contributed by atoms with E-state index in [-0.39, 0.29) is 6.10 Å². The summed E-state index contributed by atoms with van der Waals surface area (Å²) in [6, 6.07) is 2.19. The van der Waals surface area contributed by atoms with Gasteiger partial charge in [0.2, 0.25) is 0 Å². The molecule has 0 aliphatic carbocycles. The van der Waals surface area contributed by atoms with Gasteiger partial charge < -0.3 is 18.5 Å². The predicted octanol–water partition coefficient (Wildman–Crippen LogP) is 1.93. The minimum atomic E-state index is -2.04. The van der Waals surface area contributed by atoms with Crippen LogP contribution >= 0.6 is 0 Å². The molecule has 2 rings (SSSR count). The lowest BCUT2D eigenvalue weighted by Crippen LogP contribution is -2.53. The minimum absolute atomic E-state index is 0.175. The summed E-state index contributed by atoms with van der Waals surface area (Å²) in [5.74, 6) is 0. The molecule has 130 valence electrons. The molecule has 0 aromatic rings. The fourth-order valence-electron chi connectivity index (χ4n) is 3.47. The van der Waals surface area contributed by atoms with Crippen molar-refractivity contribution in [3.63, 3.8) is 0 Å². The topological polar surface area (TPSA) is 34.2 Å². The van der Waals surface area contributed by atoms with Gasteiger partial charge in [0.25, 0.3) is 0 Å². The Labute approximate surface area is 137 Å². The second-order valence-corrected chi connectivity index (χ2v) is 9.96. The minimum Gasteiger partial charge on any atom is -0.394 e. The van der Waals surface area contributed by atoms with Crippen molar-refractivity contribution >= 4 is 8.56 Å². The highest BCUT2D eigenvalue weighted by atomic mass is 28.4. The number of hydrogen-bond acceptors (Lipinski definition) is 5. The molecule has 0 radical (unpaired) electrons. The van der Waals surface area contributed by atoms with Gasteiger partial charge in [0, 0.05) is 45.9 Å². The summed E-state index contributed by atoms with van der Waals surface area (Å²) in [7, 11) is 0.152. The van der Waals surface area contributed by atoms with Crippen LogP contribution in [0.4, 0.5) is 0 Å². The van der Waals surface area contributed by atoms with Crippen molar-refractivity contribution in [1.29, 1.82) is 0 Å². The van der Waals surface area contributed by atoms with Crippen molar-refractivity contribution in [3.8, 4) is 0 Å². The van der Waals surface area contributed by atoms with Gasteiger partial charge in [-0.05, 0) is 32.5 Å². The second kappa shape index (κ2) is 9.35. The Hall–Kier alpha value is 0.0169. The van der Waals surface area contributed by atoms with Crippen molar-refractivity contribution in [2.45, 2.75) is 44.9 Å². The normalized spacial score (nSPS) is 32.6. The van der Waals surface area contributed by atoms with Crippen molar-refractivity contribution < 1.29 is 13.6 Å². The van der Waals surface area contributed by atoms with Gasteiger partial charge in [0.05, 0.1) is 12.7 Å². The van der Waals surface area contributed by atoms with Gasteiger partial charge in [0.1, 0.15) is 0 Å². The summed E-state index contributed by atoms with van der Waals surface area (Å²) in [5.41, 5.74) is 0. The lowest BCUT2D eigenvalue weighted by Gasteiger charge is -2.39. The molecule has 0 saturated carbocycles. The number of piperazine rings is 1. The number of nitrogens with zero attached hydrogens (tertiary/aromatic N) is 2. The standard InChI is InChI=1S/C16H34N2O3Si/c1-4-12-22(20-5-2)13-6-11-19-15-16(21-22)14-18-9-7-17(3)8-10-18/h16H,4-15H2,1-3H3. The molecule has 2 aliphatic heterocycles. The van der Waals surface area contributed by atoms with Crippen LogP contribution in [-0.4, -0.2) is 84.1 Å². The Morgan fingerprint density at radius 2 is 1.95 bits per heavy atom. The fourth-order valence-corrected chi connectivity index (χ4v) is 7.03. The van der Waals surface area contributed by atoms with E-state index >= 15 is 0 Å². The summed E-state index contributed by atoms with van der Waals surface area (Å²) in [6.07, 6.45) is 2.40. The lowest BCUT2D eigenvalue weighted by molar-refractivity contribution is -0.00933. The van der Waals surface area contributed by atoms with E-state index in [1.807, 2.05) is 0 Å². The molecule has 0 bridgehead atoms. The van der Waals surface area contributed by atoms with E-state index in [4.69, 9.17) is 13.6 Å². The van der Waals surface area contributed by atoms with Crippen molar-refractivity contribution in [3.05, 3.63) is 0 Å². The summed E-state index contributed by atoms with van der Waals surface area (Å²) >= 11 is 0. The number of likely N-dealkylation sites (N-methyl/N-ethyl adjacent to an activating group) is 1. The van der Waals surface area contributed by atoms with Crippen LogP contribution in [0.1, 0.15) is 26.7 Å². The molecule has 22 heavy (non-hydrogen) atoms. The third kappa shape index (κ3) is 5.58. The zero-order chi connectivity index (χ0) is 15.8. The number of hydrogen-bond donors (Lipinski definition) is 0. The Morgan fingerprint density at radius 3 is 2.64 bits per heavy atom. The van der Waals surface area contributed by atoms with Gasteiger partial charge in [-0.1, -0.05) is 13.3 Å². The first-order valence-electron chi connectivity index (χ1n) is 8.98. The Balaban J connectivity index is 1.95. The fraction of sp³-hybridized carbons (Fsp3) is 1.00. The first kappa shape index (κ1) is 18.4. The van der Waals surface area contributed by atoms with Gasteiger partial charge in [-0.3, -0.25) is 4.90 Å². The Morgan fingerprint density at radius 1 is 1.18 bits per heavy atom. The highest BCUT2D eigenvalue weighted by Gasteiger charge is 2.40. The van der Waals surface area contributed by atoms with Crippen LogP contribution in [0.25, 0.3) is 0 Å². The molecule has 2 unspecified atom stereocenters. The molecule has 5 nitrogen and oxygen atoms in total. The van der Waals surface area contributed by atoms with Gasteiger partial charge in [-0.2, -0.15) is 0 Å². The molecule has 2 aliphatic rings. The zero-order valence-corrected chi connectivity index (χ0v) is 15.7. The van der Waals surface area contributed by atoms with Crippen LogP contribution < -0.4 is 0 Å². The molecule has 0 aromatic heterocycles. The average molecular weight is 331 g/mol. The average Bonchev–Trinajstić information content (AvgIpc) is 2.47. The van der Waals surface area contributed by atoms with Crippen molar-refractivity contribution in [1.82, 2.24) is 9.80 Å². The van der Waals surface area contributed by atoms with Crippen LogP contribution in [-0.2, 0) is 13.6 Å². The highest BCUT2D eigenvalue weighted by Crippen LogP contribution is 2.26. The van der Waals surface area contributed by atoms with Gasteiger partial charge >= 0.3 is 8.56 Å². The molecule has 2 atom stereocenters. The highest BCUT2D eigenvalue weighted by molar-refractivity contribution is 6.67. The molecular formula is C16H34N2O3Si. The van der Waals surface area contributed by atoms with Crippen LogP contribution in [0.3, 0.4) is 0 Å². The Bertz CT molecular complexity index is 306. The predicted molar refractivity (Wildman–Crippen MR) is 91.5 cm³/mol. The Kier molecular flexibility index (Phi) is 7.80. The summed E-state index contributed by atoms with van der Waals surface area (Å²) in [6.45, 7) is 12.2. The van der Waals surface area contributed by atoms with Crippen LogP contribution in [0.5, 0.6) is 0 Å². The largest absolute Gasteiger partial charge is 0.394 e. The van der Waals surface area contributed by atoms with E-state index in [9.17, 15) is 0 Å². The third-order valence-electron chi connectivity index (χ3n) is 4.63. The molecule has 0 N–H and O–H groups in total. The first-order chi connectivity index (χ1) is 10.7. The molecular weight excluding hydrogens is 296 g/mol. The van der Waals surface area contributed by atoms with E-state index in [1.54, 1.807) is 0 Å². The molecule has 2 heterocycles. The third-order valence-corrected chi connectivity index (χ3v) is 8.58. The van der Waals surface area contributed by atoms with Gasteiger partial charge in [0.15, 0.2) is 0 Å². The molecule has 0 aromatic carbocycles. The monoisotopic (exact) mass is 330 g/mol. The lowest BCUT2D eigenvalue weighted by atomic mass is 10.3. The summed E-state index contributed by atoms with van der Waals surface area (Å²) in [5, 5.41) is 0. The van der Waals surface area contributed by atoms with Crippen molar-refractivity contribution in [2.24, 2.45) is 0 Å². The number of rotatable bonds is 6. The summed E-state index contributed by atoms with van der Waals surface area (Å²) in [4.78, 5) is 4.91. The van der Waals surface area contributed by atoms with E-state index in [2.05, 4.69) is 30.7 Å². The maximum atomic E-state index is 6.63. The molecule has 2 fully saturated rings. The van der Waals surface area contributed by atoms with Crippen LogP contribution in [0.15, 0.2) is 0 Å².